The highest BCUT2D eigenvalue weighted by Gasteiger charge is 2.10. The smallest absolute Gasteiger partial charge is 0.265 e. The monoisotopic (exact) mass is 274 g/mol. The van der Waals surface area contributed by atoms with E-state index in [0.29, 0.717) is 10.6 Å². The van der Waals surface area contributed by atoms with Crippen LogP contribution in [0.15, 0.2) is 41.1 Å². The molecule has 2 aromatic heterocycles. The van der Waals surface area contributed by atoms with Crippen molar-refractivity contribution in [3.8, 4) is 0 Å². The molecular formula is C13H10N2OS2. The zero-order valence-corrected chi connectivity index (χ0v) is 11.0. The molecule has 3 N–H and O–H groups in total. The van der Waals surface area contributed by atoms with Gasteiger partial charge in [-0.25, -0.2) is 0 Å². The van der Waals surface area contributed by atoms with Gasteiger partial charge in [0.2, 0.25) is 0 Å². The van der Waals surface area contributed by atoms with Crippen LogP contribution in [-0.2, 0) is 0 Å². The minimum absolute atomic E-state index is 0.0758. The first-order valence-electron chi connectivity index (χ1n) is 5.35. The molecule has 1 aromatic carbocycles. The normalized spacial score (nSPS) is 10.7. The molecule has 1 amide bonds. The van der Waals surface area contributed by atoms with Crippen LogP contribution in [0.1, 0.15) is 9.67 Å². The summed E-state index contributed by atoms with van der Waals surface area (Å²) in [5, 5.41) is 7.71. The number of nitrogens with two attached hydrogens (primary N) is 1. The third kappa shape index (κ3) is 2.10. The minimum Gasteiger partial charge on any atom is -0.399 e. The molecule has 0 saturated carbocycles. The van der Waals surface area contributed by atoms with Gasteiger partial charge < -0.3 is 11.1 Å². The predicted octanol–water partition coefficient (Wildman–Crippen LogP) is 3.80. The third-order valence-electron chi connectivity index (χ3n) is 2.54. The lowest BCUT2D eigenvalue weighted by Gasteiger charge is -1.98. The van der Waals surface area contributed by atoms with E-state index in [4.69, 9.17) is 5.73 Å². The SMILES string of the molecule is Nc1ccc2sc(C(=O)Nc3ccsc3)cc2c1. The van der Waals surface area contributed by atoms with Crippen LogP contribution in [0, 0.1) is 0 Å². The number of hydrogen-bond donors (Lipinski definition) is 2. The Balaban J connectivity index is 1.92. The first-order valence-corrected chi connectivity index (χ1v) is 7.11. The van der Waals surface area contributed by atoms with Gasteiger partial charge in [-0.15, -0.1) is 11.3 Å². The van der Waals surface area contributed by atoms with Crippen LogP contribution in [0.3, 0.4) is 0 Å². The number of nitrogens with one attached hydrogen (secondary N) is 1. The van der Waals surface area contributed by atoms with Crippen molar-refractivity contribution in [3.05, 3.63) is 46.0 Å². The molecule has 5 heteroatoms. The minimum atomic E-state index is -0.0758. The first-order chi connectivity index (χ1) is 8.72. The molecule has 3 nitrogen and oxygen atoms in total. The number of amides is 1. The molecule has 0 aliphatic carbocycles. The number of fused-ring (bicyclic) bond motifs is 1. The maximum atomic E-state index is 12.0. The Bertz CT molecular complexity index is 701. The largest absolute Gasteiger partial charge is 0.399 e. The van der Waals surface area contributed by atoms with Crippen molar-refractivity contribution in [2.75, 3.05) is 11.1 Å². The zero-order valence-electron chi connectivity index (χ0n) is 9.34. The van der Waals surface area contributed by atoms with E-state index in [1.807, 2.05) is 41.1 Å². The molecule has 90 valence electrons. The van der Waals surface area contributed by atoms with Crippen LogP contribution in [0.25, 0.3) is 10.1 Å². The van der Waals surface area contributed by atoms with Gasteiger partial charge in [0.15, 0.2) is 0 Å². The molecule has 0 bridgehead atoms. The summed E-state index contributed by atoms with van der Waals surface area (Å²) in [5.41, 5.74) is 7.27. The Kier molecular flexibility index (Phi) is 2.77. The summed E-state index contributed by atoms with van der Waals surface area (Å²) in [6, 6.07) is 9.43. The number of carbonyl (C=O) groups excluding carboxylic acids is 1. The van der Waals surface area contributed by atoms with Crippen LogP contribution in [0.2, 0.25) is 0 Å². The topological polar surface area (TPSA) is 55.1 Å². The molecule has 0 spiro atoms. The highest BCUT2D eigenvalue weighted by Crippen LogP contribution is 2.28. The van der Waals surface area contributed by atoms with E-state index < -0.39 is 0 Å². The lowest BCUT2D eigenvalue weighted by Crippen LogP contribution is -2.08. The Morgan fingerprint density at radius 2 is 2.11 bits per heavy atom. The van der Waals surface area contributed by atoms with E-state index in [2.05, 4.69) is 5.32 Å². The second kappa shape index (κ2) is 4.44. The standard InChI is InChI=1S/C13H10N2OS2/c14-9-1-2-11-8(5-9)6-12(18-11)13(16)15-10-3-4-17-7-10/h1-7H,14H2,(H,15,16). The van der Waals surface area contributed by atoms with Gasteiger partial charge >= 0.3 is 0 Å². The summed E-state index contributed by atoms with van der Waals surface area (Å²) in [7, 11) is 0. The Morgan fingerprint density at radius 1 is 1.22 bits per heavy atom. The molecule has 3 aromatic rings. The second-order valence-electron chi connectivity index (χ2n) is 3.87. The van der Waals surface area contributed by atoms with E-state index in [1.54, 1.807) is 11.3 Å². The van der Waals surface area contributed by atoms with Crippen molar-refractivity contribution >= 4 is 50.0 Å². The lowest BCUT2D eigenvalue weighted by molar-refractivity contribution is 0.103. The molecule has 0 aliphatic rings. The molecular weight excluding hydrogens is 264 g/mol. The van der Waals surface area contributed by atoms with E-state index in [-0.39, 0.29) is 5.91 Å². The molecule has 0 fully saturated rings. The maximum Gasteiger partial charge on any atom is 0.265 e. The summed E-state index contributed by atoms with van der Waals surface area (Å²) >= 11 is 3.03. The maximum absolute atomic E-state index is 12.0. The molecule has 0 saturated heterocycles. The predicted molar refractivity (Wildman–Crippen MR) is 78.5 cm³/mol. The van der Waals surface area contributed by atoms with E-state index in [9.17, 15) is 4.79 Å². The van der Waals surface area contributed by atoms with Crippen molar-refractivity contribution < 1.29 is 4.79 Å². The van der Waals surface area contributed by atoms with Crippen LogP contribution in [0.4, 0.5) is 11.4 Å². The molecule has 0 atom stereocenters. The van der Waals surface area contributed by atoms with Crippen molar-refractivity contribution in [2.24, 2.45) is 0 Å². The van der Waals surface area contributed by atoms with Crippen molar-refractivity contribution in [1.29, 1.82) is 0 Å². The summed E-state index contributed by atoms with van der Waals surface area (Å²) in [5.74, 6) is -0.0758. The Hall–Kier alpha value is -1.85. The summed E-state index contributed by atoms with van der Waals surface area (Å²) < 4.78 is 1.07. The van der Waals surface area contributed by atoms with Gasteiger partial charge in [0, 0.05) is 15.8 Å². The van der Waals surface area contributed by atoms with Crippen LogP contribution >= 0.6 is 22.7 Å². The average Bonchev–Trinajstić information content (AvgIpc) is 2.96. The van der Waals surface area contributed by atoms with E-state index in [1.165, 1.54) is 11.3 Å². The van der Waals surface area contributed by atoms with Gasteiger partial charge in [0.25, 0.3) is 5.91 Å². The van der Waals surface area contributed by atoms with Gasteiger partial charge in [0.1, 0.15) is 0 Å². The number of hydrogen-bond acceptors (Lipinski definition) is 4. The summed E-state index contributed by atoms with van der Waals surface area (Å²) in [4.78, 5) is 12.7. The highest BCUT2D eigenvalue weighted by molar-refractivity contribution is 7.20. The molecule has 18 heavy (non-hydrogen) atoms. The van der Waals surface area contributed by atoms with E-state index in [0.717, 1.165) is 15.8 Å². The number of carbonyl (C=O) groups is 1. The number of nitrogen functional groups attached to an aromatic ring is 1. The lowest BCUT2D eigenvalue weighted by atomic mass is 10.2. The molecule has 0 radical (unpaired) electrons. The number of anilines is 2. The van der Waals surface area contributed by atoms with Gasteiger partial charge in [-0.2, -0.15) is 11.3 Å². The van der Waals surface area contributed by atoms with Crippen LogP contribution in [0.5, 0.6) is 0 Å². The molecule has 0 unspecified atom stereocenters. The second-order valence-corrected chi connectivity index (χ2v) is 5.74. The number of thiophene rings is 2. The van der Waals surface area contributed by atoms with Crippen LogP contribution in [-0.4, -0.2) is 5.91 Å². The Morgan fingerprint density at radius 3 is 2.89 bits per heavy atom. The molecule has 0 aliphatic heterocycles. The van der Waals surface area contributed by atoms with Crippen molar-refractivity contribution in [3.63, 3.8) is 0 Å². The molecule has 3 rings (SSSR count). The van der Waals surface area contributed by atoms with Gasteiger partial charge in [-0.1, -0.05) is 0 Å². The average molecular weight is 274 g/mol. The fraction of sp³-hybridized carbons (Fsp3) is 0. The van der Waals surface area contributed by atoms with Gasteiger partial charge in [-0.05, 0) is 41.1 Å². The van der Waals surface area contributed by atoms with Crippen molar-refractivity contribution in [1.82, 2.24) is 0 Å². The first kappa shape index (κ1) is 11.3. The Labute approximate surface area is 112 Å². The zero-order chi connectivity index (χ0) is 12.5. The summed E-state index contributed by atoms with van der Waals surface area (Å²) in [6.45, 7) is 0. The van der Waals surface area contributed by atoms with Crippen LogP contribution < -0.4 is 11.1 Å². The quantitative estimate of drug-likeness (QED) is 0.698. The van der Waals surface area contributed by atoms with Gasteiger partial charge in [-0.3, -0.25) is 4.79 Å². The third-order valence-corrected chi connectivity index (χ3v) is 4.34. The molecule has 2 heterocycles. The fourth-order valence-corrected chi connectivity index (χ4v) is 3.23. The number of rotatable bonds is 2. The van der Waals surface area contributed by atoms with Gasteiger partial charge in [0.05, 0.1) is 10.6 Å². The fourth-order valence-electron chi connectivity index (χ4n) is 1.70. The highest BCUT2D eigenvalue weighted by atomic mass is 32.1. The van der Waals surface area contributed by atoms with Crippen molar-refractivity contribution in [2.45, 2.75) is 0 Å². The number of benzene rings is 1. The van der Waals surface area contributed by atoms with E-state index >= 15 is 0 Å². The summed E-state index contributed by atoms with van der Waals surface area (Å²) in [6.07, 6.45) is 0.